The topological polar surface area (TPSA) is 80.1 Å². The molecule has 2 aromatic rings. The smallest absolute Gasteiger partial charge is 0.237 e. The molecule has 0 aliphatic heterocycles. The molecule has 0 radical (unpaired) electrons. The van der Waals surface area contributed by atoms with Crippen molar-refractivity contribution < 1.29 is 9.59 Å². The molecule has 0 aliphatic carbocycles. The number of anilines is 1. The molecule has 0 saturated carbocycles. The van der Waals surface area contributed by atoms with Crippen LogP contribution >= 0.6 is 11.8 Å². The van der Waals surface area contributed by atoms with Crippen LogP contribution in [0.25, 0.3) is 0 Å². The third-order valence-electron chi connectivity index (χ3n) is 4.98. The third kappa shape index (κ3) is 6.15. The molecule has 1 aromatic carbocycles. The number of benzene rings is 1. The van der Waals surface area contributed by atoms with Gasteiger partial charge >= 0.3 is 0 Å². The Bertz CT molecular complexity index is 865. The van der Waals surface area contributed by atoms with E-state index in [1.807, 2.05) is 21.0 Å². The monoisotopic (exact) mass is 431 g/mol. The van der Waals surface area contributed by atoms with Crippen molar-refractivity contribution in [2.24, 2.45) is 0 Å². The van der Waals surface area contributed by atoms with Crippen molar-refractivity contribution in [3.05, 3.63) is 35.7 Å². The molecule has 1 aromatic heterocycles. The first-order valence-electron chi connectivity index (χ1n) is 10.5. The summed E-state index contributed by atoms with van der Waals surface area (Å²) >= 11 is 1.41. The number of hydrogen-bond acceptors (Lipinski definition) is 6. The van der Waals surface area contributed by atoms with Crippen LogP contribution in [0, 0.1) is 0 Å². The summed E-state index contributed by atoms with van der Waals surface area (Å²) in [6.45, 7) is 8.50. The number of hydrogen-bond donors (Lipinski definition) is 1. The molecule has 1 N–H and O–H groups in total. The SMILES string of the molecule is CCCCn1c(S[C@@H](C)C(=O)Nc2cccc(C(C)=O)c2)nnc1[C@H](CC)N(C)C. The highest BCUT2D eigenvalue weighted by Gasteiger charge is 2.24. The standard InChI is InChI=1S/C22H33N5O2S/c1-7-9-13-27-20(19(8-2)26(5)6)24-25-22(27)30-16(4)21(29)23-18-12-10-11-17(14-18)15(3)28/h10-12,14,16,19H,7-9,13H2,1-6H3,(H,23,29)/t16-,19-/m0/s1. The van der Waals surface area contributed by atoms with Crippen LogP contribution < -0.4 is 5.32 Å². The fraction of sp³-hybridized carbons (Fsp3) is 0.545. The van der Waals surface area contributed by atoms with Crippen LogP contribution in [0.15, 0.2) is 29.4 Å². The quantitative estimate of drug-likeness (QED) is 0.419. The maximum Gasteiger partial charge on any atom is 0.237 e. The van der Waals surface area contributed by atoms with Crippen molar-refractivity contribution in [1.29, 1.82) is 0 Å². The molecule has 0 aliphatic rings. The number of unbranched alkanes of at least 4 members (excludes halogenated alkanes) is 1. The Labute approximate surface area is 183 Å². The minimum absolute atomic E-state index is 0.0311. The van der Waals surface area contributed by atoms with Gasteiger partial charge in [0.2, 0.25) is 5.91 Å². The number of thioether (sulfide) groups is 1. The van der Waals surface area contributed by atoms with Crippen LogP contribution in [-0.2, 0) is 11.3 Å². The first-order chi connectivity index (χ1) is 14.3. The maximum atomic E-state index is 12.7. The average Bonchev–Trinajstić information content (AvgIpc) is 3.08. The van der Waals surface area contributed by atoms with Crippen LogP contribution in [0.5, 0.6) is 0 Å². The summed E-state index contributed by atoms with van der Waals surface area (Å²) in [7, 11) is 4.09. The second-order valence-corrected chi connectivity index (χ2v) is 8.93. The van der Waals surface area contributed by atoms with Crippen LogP contribution in [0.2, 0.25) is 0 Å². The minimum atomic E-state index is -0.358. The van der Waals surface area contributed by atoms with Gasteiger partial charge in [0.1, 0.15) is 0 Å². The molecule has 7 nitrogen and oxygen atoms in total. The second kappa shape index (κ2) is 11.3. The van der Waals surface area contributed by atoms with E-state index in [-0.39, 0.29) is 23.0 Å². The molecule has 0 fully saturated rings. The highest BCUT2D eigenvalue weighted by molar-refractivity contribution is 8.00. The number of carbonyl (C=O) groups is 2. The van der Waals surface area contributed by atoms with Crippen molar-refractivity contribution in [3.63, 3.8) is 0 Å². The van der Waals surface area contributed by atoms with Gasteiger partial charge in [-0.1, -0.05) is 44.2 Å². The van der Waals surface area contributed by atoms with Gasteiger partial charge in [-0.15, -0.1) is 10.2 Å². The van der Waals surface area contributed by atoms with Crippen molar-refractivity contribution in [2.75, 3.05) is 19.4 Å². The Balaban J connectivity index is 2.17. The van der Waals surface area contributed by atoms with E-state index >= 15 is 0 Å². The first kappa shape index (κ1) is 24.1. The fourth-order valence-corrected chi connectivity index (χ4v) is 4.09. The van der Waals surface area contributed by atoms with Gasteiger partial charge in [0.15, 0.2) is 16.8 Å². The zero-order valence-corrected chi connectivity index (χ0v) is 19.6. The van der Waals surface area contributed by atoms with Crippen LogP contribution in [0.3, 0.4) is 0 Å². The number of carbonyl (C=O) groups excluding carboxylic acids is 2. The van der Waals surface area contributed by atoms with Gasteiger partial charge in [0.05, 0.1) is 11.3 Å². The number of nitrogens with zero attached hydrogens (tertiary/aromatic N) is 4. The summed E-state index contributed by atoms with van der Waals surface area (Å²) in [6.07, 6.45) is 3.04. The summed E-state index contributed by atoms with van der Waals surface area (Å²) in [5, 5.41) is 12.2. The first-order valence-corrected chi connectivity index (χ1v) is 11.3. The molecule has 8 heteroatoms. The van der Waals surface area contributed by atoms with Crippen molar-refractivity contribution in [1.82, 2.24) is 19.7 Å². The van der Waals surface area contributed by atoms with E-state index in [0.29, 0.717) is 11.3 Å². The molecular formula is C22H33N5O2S. The predicted molar refractivity (Wildman–Crippen MR) is 122 cm³/mol. The normalized spacial score (nSPS) is 13.3. The van der Waals surface area contributed by atoms with E-state index in [0.717, 1.165) is 36.8 Å². The molecule has 0 spiro atoms. The highest BCUT2D eigenvalue weighted by Crippen LogP contribution is 2.28. The van der Waals surface area contributed by atoms with E-state index in [9.17, 15) is 9.59 Å². The fourth-order valence-electron chi connectivity index (χ4n) is 3.21. The zero-order valence-electron chi connectivity index (χ0n) is 18.8. The summed E-state index contributed by atoms with van der Waals surface area (Å²) in [5.41, 5.74) is 1.19. The molecule has 0 bridgehead atoms. The number of Topliss-reactive ketones (excluding diaryl/α,β-unsaturated/α-hetero) is 1. The maximum absolute atomic E-state index is 12.7. The van der Waals surface area contributed by atoms with Gasteiger partial charge < -0.3 is 9.88 Å². The van der Waals surface area contributed by atoms with Gasteiger partial charge in [-0.05, 0) is 52.9 Å². The Morgan fingerprint density at radius 3 is 2.57 bits per heavy atom. The minimum Gasteiger partial charge on any atom is -0.325 e. The Morgan fingerprint density at radius 2 is 1.97 bits per heavy atom. The number of aromatic nitrogens is 3. The second-order valence-electron chi connectivity index (χ2n) is 7.62. The summed E-state index contributed by atoms with van der Waals surface area (Å²) in [5.74, 6) is 0.781. The number of nitrogens with one attached hydrogen (secondary N) is 1. The Hall–Kier alpha value is -2.19. The van der Waals surface area contributed by atoms with Crippen molar-refractivity contribution in [3.8, 4) is 0 Å². The van der Waals surface area contributed by atoms with Gasteiger partial charge in [-0.2, -0.15) is 0 Å². The molecule has 30 heavy (non-hydrogen) atoms. The Morgan fingerprint density at radius 1 is 1.23 bits per heavy atom. The lowest BCUT2D eigenvalue weighted by Gasteiger charge is -2.23. The largest absolute Gasteiger partial charge is 0.325 e. The summed E-state index contributed by atoms with van der Waals surface area (Å²) in [4.78, 5) is 26.5. The van der Waals surface area contributed by atoms with E-state index in [2.05, 4.69) is 38.8 Å². The Kier molecular flexibility index (Phi) is 9.05. The summed E-state index contributed by atoms with van der Waals surface area (Å²) < 4.78 is 2.16. The third-order valence-corrected chi connectivity index (χ3v) is 6.06. The van der Waals surface area contributed by atoms with Crippen LogP contribution in [0.4, 0.5) is 5.69 Å². The molecule has 0 saturated heterocycles. The van der Waals surface area contributed by atoms with Gasteiger partial charge in [0, 0.05) is 17.8 Å². The molecule has 164 valence electrons. The van der Waals surface area contributed by atoms with Gasteiger partial charge in [-0.25, -0.2) is 0 Å². The van der Waals surface area contributed by atoms with E-state index in [1.165, 1.54) is 18.7 Å². The van der Waals surface area contributed by atoms with Crippen molar-refractivity contribution in [2.45, 2.75) is 70.0 Å². The van der Waals surface area contributed by atoms with E-state index in [4.69, 9.17) is 0 Å². The number of ketones is 1. The molecule has 0 unspecified atom stereocenters. The van der Waals surface area contributed by atoms with E-state index < -0.39 is 0 Å². The van der Waals surface area contributed by atoms with Crippen LogP contribution in [-0.4, -0.2) is 50.7 Å². The lowest BCUT2D eigenvalue weighted by Crippen LogP contribution is -2.24. The lowest BCUT2D eigenvalue weighted by molar-refractivity contribution is -0.115. The lowest BCUT2D eigenvalue weighted by atomic mass is 10.1. The molecule has 2 atom stereocenters. The zero-order chi connectivity index (χ0) is 22.3. The number of amides is 1. The number of rotatable bonds is 11. The highest BCUT2D eigenvalue weighted by atomic mass is 32.2. The summed E-state index contributed by atoms with van der Waals surface area (Å²) in [6, 6.07) is 7.17. The predicted octanol–water partition coefficient (Wildman–Crippen LogP) is 4.41. The average molecular weight is 432 g/mol. The molecule has 1 heterocycles. The molecular weight excluding hydrogens is 398 g/mol. The van der Waals surface area contributed by atoms with E-state index in [1.54, 1.807) is 24.3 Å². The van der Waals surface area contributed by atoms with Gasteiger partial charge in [-0.3, -0.25) is 14.5 Å². The molecule has 1 amide bonds. The van der Waals surface area contributed by atoms with Crippen molar-refractivity contribution >= 4 is 29.1 Å². The van der Waals surface area contributed by atoms with Crippen LogP contribution in [0.1, 0.15) is 69.2 Å². The van der Waals surface area contributed by atoms with Gasteiger partial charge in [0.25, 0.3) is 0 Å². The molecule has 2 rings (SSSR count).